The highest BCUT2D eigenvalue weighted by Gasteiger charge is 2.28. The van der Waals surface area contributed by atoms with Crippen LogP contribution >= 0.6 is 12.4 Å². The van der Waals surface area contributed by atoms with E-state index in [1.165, 1.54) is 0 Å². The molecule has 0 saturated heterocycles. The summed E-state index contributed by atoms with van der Waals surface area (Å²) in [6.07, 6.45) is 1.42. The van der Waals surface area contributed by atoms with Crippen LogP contribution in [0.1, 0.15) is 37.8 Å². The van der Waals surface area contributed by atoms with Crippen LogP contribution in [0.25, 0.3) is 0 Å². The zero-order chi connectivity index (χ0) is 13.2. The van der Waals surface area contributed by atoms with E-state index in [0.717, 1.165) is 0 Å². The predicted octanol–water partition coefficient (Wildman–Crippen LogP) is 3.99. The minimum atomic E-state index is -2.16. The van der Waals surface area contributed by atoms with Gasteiger partial charge >= 0.3 is 0 Å². The summed E-state index contributed by atoms with van der Waals surface area (Å²) in [5.74, 6) is -9.75. The van der Waals surface area contributed by atoms with Crippen LogP contribution in [0.4, 0.5) is 22.0 Å². The molecule has 2 N–H and O–H groups in total. The van der Waals surface area contributed by atoms with Crippen LogP contribution in [0.5, 0.6) is 0 Å². The number of benzene rings is 1. The van der Waals surface area contributed by atoms with Gasteiger partial charge in [-0.2, -0.15) is 0 Å². The molecule has 0 aliphatic carbocycles. The standard InChI is InChI=1S/C11H12F5N.ClH/c1-2-3-4-5(17)6-7(12)9(14)11(16)10(15)8(6)13;/h5H,2-4,17H2,1H3;1H/t5-;/m1./s1. The summed E-state index contributed by atoms with van der Waals surface area (Å²) in [7, 11) is 0. The third-order valence-corrected chi connectivity index (χ3v) is 2.48. The van der Waals surface area contributed by atoms with Gasteiger partial charge in [0.05, 0.1) is 0 Å². The SMILES string of the molecule is CCCC[C@@H](N)c1c(F)c(F)c(F)c(F)c1F.Cl. The smallest absolute Gasteiger partial charge is 0.200 e. The van der Waals surface area contributed by atoms with Gasteiger partial charge in [0.1, 0.15) is 0 Å². The van der Waals surface area contributed by atoms with E-state index in [-0.39, 0.29) is 18.8 Å². The first-order valence-corrected chi connectivity index (χ1v) is 5.18. The average molecular weight is 290 g/mol. The van der Waals surface area contributed by atoms with Crippen LogP contribution in [0.2, 0.25) is 0 Å². The van der Waals surface area contributed by atoms with Crippen LogP contribution in [0.3, 0.4) is 0 Å². The lowest BCUT2D eigenvalue weighted by atomic mass is 10.00. The Hall–Kier alpha value is -0.880. The zero-order valence-electron chi connectivity index (χ0n) is 9.57. The van der Waals surface area contributed by atoms with Crippen LogP contribution < -0.4 is 5.73 Å². The Labute approximate surface area is 108 Å². The summed E-state index contributed by atoms with van der Waals surface area (Å²) >= 11 is 0. The Balaban J connectivity index is 0.00000289. The highest BCUT2D eigenvalue weighted by molar-refractivity contribution is 5.85. The van der Waals surface area contributed by atoms with E-state index in [0.29, 0.717) is 12.8 Å². The van der Waals surface area contributed by atoms with Crippen LogP contribution in [0.15, 0.2) is 0 Å². The van der Waals surface area contributed by atoms with Crippen LogP contribution in [-0.2, 0) is 0 Å². The largest absolute Gasteiger partial charge is 0.324 e. The molecule has 0 heterocycles. The molecule has 0 aromatic heterocycles. The van der Waals surface area contributed by atoms with Crippen molar-refractivity contribution in [3.63, 3.8) is 0 Å². The normalized spacial score (nSPS) is 12.2. The zero-order valence-corrected chi connectivity index (χ0v) is 10.4. The molecule has 1 nitrogen and oxygen atoms in total. The Morgan fingerprint density at radius 1 is 0.889 bits per heavy atom. The second-order valence-electron chi connectivity index (χ2n) is 3.73. The molecule has 0 saturated carbocycles. The highest BCUT2D eigenvalue weighted by atomic mass is 35.5. The van der Waals surface area contributed by atoms with Crippen molar-refractivity contribution in [1.82, 2.24) is 0 Å². The van der Waals surface area contributed by atoms with E-state index in [9.17, 15) is 22.0 Å². The van der Waals surface area contributed by atoms with Crippen molar-refractivity contribution >= 4 is 12.4 Å². The number of nitrogens with two attached hydrogens (primary N) is 1. The maximum absolute atomic E-state index is 13.3. The topological polar surface area (TPSA) is 26.0 Å². The molecule has 1 atom stereocenters. The molecule has 0 bridgehead atoms. The molecule has 1 aromatic carbocycles. The van der Waals surface area contributed by atoms with E-state index in [1.807, 2.05) is 6.92 Å². The van der Waals surface area contributed by atoms with Gasteiger partial charge in [0.2, 0.25) is 5.82 Å². The number of halogens is 6. The summed E-state index contributed by atoms with van der Waals surface area (Å²) in [6.45, 7) is 1.82. The number of hydrogen-bond acceptors (Lipinski definition) is 1. The van der Waals surface area contributed by atoms with Gasteiger partial charge in [0, 0.05) is 11.6 Å². The molecule has 0 aliphatic heterocycles. The first-order chi connectivity index (χ1) is 7.91. The summed E-state index contributed by atoms with van der Waals surface area (Å²) in [5, 5.41) is 0. The van der Waals surface area contributed by atoms with Crippen molar-refractivity contribution in [2.45, 2.75) is 32.2 Å². The van der Waals surface area contributed by atoms with Gasteiger partial charge in [-0.25, -0.2) is 22.0 Å². The van der Waals surface area contributed by atoms with Crippen molar-refractivity contribution in [2.75, 3.05) is 0 Å². The maximum Gasteiger partial charge on any atom is 0.200 e. The molecule has 104 valence electrons. The van der Waals surface area contributed by atoms with Crippen molar-refractivity contribution in [2.24, 2.45) is 5.73 Å². The van der Waals surface area contributed by atoms with Crippen LogP contribution in [-0.4, -0.2) is 0 Å². The number of hydrogen-bond donors (Lipinski definition) is 1. The van der Waals surface area contributed by atoms with E-state index in [4.69, 9.17) is 5.73 Å². The molecule has 0 radical (unpaired) electrons. The Morgan fingerprint density at radius 2 is 1.28 bits per heavy atom. The molecule has 0 fully saturated rings. The van der Waals surface area contributed by atoms with Gasteiger partial charge in [0.15, 0.2) is 23.3 Å². The molecular formula is C11H13ClF5N. The van der Waals surface area contributed by atoms with Gasteiger partial charge in [-0.15, -0.1) is 12.4 Å². The molecule has 1 rings (SSSR count). The summed E-state index contributed by atoms with van der Waals surface area (Å²) in [6, 6.07) is -1.19. The summed E-state index contributed by atoms with van der Waals surface area (Å²) in [4.78, 5) is 0. The van der Waals surface area contributed by atoms with Crippen molar-refractivity contribution < 1.29 is 22.0 Å². The number of unbranched alkanes of at least 4 members (excludes halogenated alkanes) is 1. The summed E-state index contributed by atoms with van der Waals surface area (Å²) < 4.78 is 65.0. The quantitative estimate of drug-likeness (QED) is 0.506. The minimum absolute atomic E-state index is 0. The van der Waals surface area contributed by atoms with Crippen LogP contribution in [0, 0.1) is 29.1 Å². The molecular weight excluding hydrogens is 277 g/mol. The Kier molecular flexibility index (Phi) is 6.56. The lowest BCUT2D eigenvalue weighted by molar-refractivity contribution is 0.361. The maximum atomic E-state index is 13.3. The Bertz CT molecular complexity index is 395. The third-order valence-electron chi connectivity index (χ3n) is 2.48. The molecule has 18 heavy (non-hydrogen) atoms. The van der Waals surface area contributed by atoms with Crippen molar-refractivity contribution in [3.8, 4) is 0 Å². The molecule has 0 unspecified atom stereocenters. The second-order valence-corrected chi connectivity index (χ2v) is 3.73. The molecule has 7 heteroatoms. The fourth-order valence-corrected chi connectivity index (χ4v) is 1.52. The lowest BCUT2D eigenvalue weighted by Crippen LogP contribution is -2.17. The van der Waals surface area contributed by atoms with Gasteiger partial charge in [-0.1, -0.05) is 19.8 Å². The summed E-state index contributed by atoms with van der Waals surface area (Å²) in [5.41, 5.74) is 4.50. The fourth-order valence-electron chi connectivity index (χ4n) is 1.52. The monoisotopic (exact) mass is 289 g/mol. The highest BCUT2D eigenvalue weighted by Crippen LogP contribution is 2.28. The molecule has 0 aliphatic rings. The van der Waals surface area contributed by atoms with E-state index in [1.54, 1.807) is 0 Å². The van der Waals surface area contributed by atoms with E-state index < -0.39 is 40.7 Å². The second kappa shape index (κ2) is 6.89. The van der Waals surface area contributed by atoms with Gasteiger partial charge < -0.3 is 5.73 Å². The Morgan fingerprint density at radius 3 is 1.67 bits per heavy atom. The van der Waals surface area contributed by atoms with Crippen molar-refractivity contribution in [1.29, 1.82) is 0 Å². The molecule has 0 amide bonds. The van der Waals surface area contributed by atoms with E-state index >= 15 is 0 Å². The third kappa shape index (κ3) is 3.11. The minimum Gasteiger partial charge on any atom is -0.324 e. The van der Waals surface area contributed by atoms with Gasteiger partial charge in [-0.3, -0.25) is 0 Å². The lowest BCUT2D eigenvalue weighted by Gasteiger charge is -2.14. The molecule has 1 aromatic rings. The molecule has 0 spiro atoms. The predicted molar refractivity (Wildman–Crippen MR) is 59.9 cm³/mol. The van der Waals surface area contributed by atoms with Gasteiger partial charge in [0.25, 0.3) is 0 Å². The average Bonchev–Trinajstić information content (AvgIpc) is 2.31. The fraction of sp³-hybridized carbons (Fsp3) is 0.455. The van der Waals surface area contributed by atoms with Gasteiger partial charge in [-0.05, 0) is 6.42 Å². The first-order valence-electron chi connectivity index (χ1n) is 5.18. The first kappa shape index (κ1) is 17.1. The van der Waals surface area contributed by atoms with Crippen molar-refractivity contribution in [3.05, 3.63) is 34.6 Å². The van der Waals surface area contributed by atoms with E-state index in [2.05, 4.69) is 0 Å². The number of rotatable bonds is 4.